The molecule has 6 nitrogen and oxygen atoms in total. The molecule has 2 aliphatic rings. The molecular weight excluding hydrogens is 390 g/mol. The number of carbonyl (C=O) groups excluding carboxylic acids is 1. The van der Waals surface area contributed by atoms with Crippen LogP contribution in [0.2, 0.25) is 0 Å². The summed E-state index contributed by atoms with van der Waals surface area (Å²) in [7, 11) is 0. The smallest absolute Gasteiger partial charge is 0.365 e. The van der Waals surface area contributed by atoms with Crippen LogP contribution in [0.5, 0.6) is 0 Å². The first kappa shape index (κ1) is 18.7. The highest BCUT2D eigenvalue weighted by Gasteiger charge is 2.36. The van der Waals surface area contributed by atoms with Gasteiger partial charge in [0.2, 0.25) is 0 Å². The highest BCUT2D eigenvalue weighted by Crippen LogP contribution is 2.33. The summed E-state index contributed by atoms with van der Waals surface area (Å²) in [5.74, 6) is -1.24. The molecule has 0 spiro atoms. The zero-order valence-corrected chi connectivity index (χ0v) is 14.6. The highest BCUT2D eigenvalue weighted by atomic mass is 19.4. The summed E-state index contributed by atoms with van der Waals surface area (Å²) in [4.78, 5) is 16.2. The zero-order valence-electron chi connectivity index (χ0n) is 14.6. The van der Waals surface area contributed by atoms with E-state index < -0.39 is 29.6 Å². The molecule has 1 aromatic heterocycles. The maximum absolute atomic E-state index is 13.3. The molecule has 0 aliphatic carbocycles. The first-order chi connectivity index (χ1) is 13.8. The van der Waals surface area contributed by atoms with Gasteiger partial charge in [0.25, 0.3) is 5.91 Å². The molecule has 0 saturated heterocycles. The largest absolute Gasteiger partial charge is 0.417 e. The zero-order chi connectivity index (χ0) is 20.6. The van der Waals surface area contributed by atoms with Gasteiger partial charge in [-0.15, -0.1) is 0 Å². The molecule has 1 amide bonds. The number of anilines is 1. The Hall–Kier alpha value is -3.69. The summed E-state index contributed by atoms with van der Waals surface area (Å²) in [6, 6.07) is 6.16. The van der Waals surface area contributed by atoms with Gasteiger partial charge in [-0.25, -0.2) is 9.40 Å². The number of hydrazone groups is 1. The van der Waals surface area contributed by atoms with Crippen LogP contribution in [0.4, 0.5) is 23.2 Å². The van der Waals surface area contributed by atoms with E-state index in [1.807, 2.05) is 0 Å². The van der Waals surface area contributed by atoms with Crippen molar-refractivity contribution >= 4 is 17.3 Å². The Labute approximate surface area is 162 Å². The van der Waals surface area contributed by atoms with Gasteiger partial charge >= 0.3 is 6.18 Å². The molecule has 148 valence electrons. The molecule has 0 saturated carbocycles. The van der Waals surface area contributed by atoms with Crippen molar-refractivity contribution in [3.63, 3.8) is 0 Å². The van der Waals surface area contributed by atoms with Crippen LogP contribution in [0.1, 0.15) is 11.1 Å². The number of alkyl halides is 3. The van der Waals surface area contributed by atoms with Crippen molar-refractivity contribution in [3.05, 3.63) is 83.7 Å². The van der Waals surface area contributed by atoms with Gasteiger partial charge in [-0.1, -0.05) is 18.2 Å². The number of nitrogens with one attached hydrogen (secondary N) is 2. The lowest BCUT2D eigenvalue weighted by Crippen LogP contribution is -2.37. The number of aromatic nitrogens is 1. The topological polar surface area (TPSA) is 69.6 Å². The number of halogens is 4. The van der Waals surface area contributed by atoms with Crippen LogP contribution in [-0.2, 0) is 11.0 Å². The molecule has 2 aliphatic heterocycles. The average Bonchev–Trinajstić information content (AvgIpc) is 3.10. The molecule has 2 aromatic rings. The molecule has 1 unspecified atom stereocenters. The van der Waals surface area contributed by atoms with Crippen molar-refractivity contribution in [2.24, 2.45) is 5.10 Å². The molecule has 1 aromatic carbocycles. The van der Waals surface area contributed by atoms with Crippen LogP contribution in [0, 0.1) is 5.82 Å². The fraction of sp³-hybridized carbons (Fsp3) is 0.105. The van der Waals surface area contributed by atoms with E-state index in [2.05, 4.69) is 20.7 Å². The first-order valence-corrected chi connectivity index (χ1v) is 8.44. The standard InChI is InChI=1S/C19H13F4N5O/c20-11-7-12(9-24-8-11)26-18(29)16-10-25-17-6-5-15(27-28(16)17)13-3-1-2-4-14(13)19(21,22)23/h1-10,17,25H,(H,26,29). The van der Waals surface area contributed by atoms with Crippen molar-refractivity contribution < 1.29 is 22.4 Å². The van der Waals surface area contributed by atoms with Crippen LogP contribution in [0.15, 0.2) is 71.9 Å². The Balaban J connectivity index is 1.62. The van der Waals surface area contributed by atoms with E-state index in [0.29, 0.717) is 0 Å². The minimum absolute atomic E-state index is 0.0593. The Kier molecular flexibility index (Phi) is 4.53. The second-order valence-corrected chi connectivity index (χ2v) is 6.22. The summed E-state index contributed by atoms with van der Waals surface area (Å²) in [5.41, 5.74) is -0.668. The molecule has 0 bridgehead atoms. The quantitative estimate of drug-likeness (QED) is 0.773. The number of nitrogens with zero attached hydrogens (tertiary/aromatic N) is 3. The third kappa shape index (κ3) is 3.68. The van der Waals surface area contributed by atoms with Gasteiger partial charge in [0.15, 0.2) is 0 Å². The second kappa shape index (κ2) is 7.04. The van der Waals surface area contributed by atoms with E-state index in [1.54, 1.807) is 6.08 Å². The van der Waals surface area contributed by atoms with Crippen LogP contribution >= 0.6 is 0 Å². The third-order valence-corrected chi connectivity index (χ3v) is 4.26. The molecule has 10 heteroatoms. The van der Waals surface area contributed by atoms with Gasteiger partial charge in [-0.3, -0.25) is 9.78 Å². The van der Waals surface area contributed by atoms with Crippen LogP contribution in [0.3, 0.4) is 0 Å². The number of hydrogen-bond acceptors (Lipinski definition) is 5. The molecule has 4 rings (SSSR count). The number of rotatable bonds is 3. The molecule has 1 atom stereocenters. The maximum Gasteiger partial charge on any atom is 0.417 e. The molecule has 3 heterocycles. The van der Waals surface area contributed by atoms with E-state index in [0.717, 1.165) is 18.3 Å². The van der Waals surface area contributed by atoms with Crippen LogP contribution in [-0.4, -0.2) is 27.8 Å². The Morgan fingerprint density at radius 3 is 2.76 bits per heavy atom. The monoisotopic (exact) mass is 403 g/mol. The number of hydrogen-bond donors (Lipinski definition) is 2. The van der Waals surface area contributed by atoms with Crippen LogP contribution < -0.4 is 10.6 Å². The summed E-state index contributed by atoms with van der Waals surface area (Å²) in [6.07, 6.45) is 1.63. The lowest BCUT2D eigenvalue weighted by Gasteiger charge is -2.26. The number of carbonyl (C=O) groups is 1. The van der Waals surface area contributed by atoms with Gasteiger partial charge in [-0.05, 0) is 18.2 Å². The minimum Gasteiger partial charge on any atom is -0.365 e. The number of pyridine rings is 1. The van der Waals surface area contributed by atoms with E-state index >= 15 is 0 Å². The summed E-state index contributed by atoms with van der Waals surface area (Å²) in [6.45, 7) is 0. The summed E-state index contributed by atoms with van der Waals surface area (Å²) >= 11 is 0. The number of fused-ring (bicyclic) bond motifs is 1. The van der Waals surface area contributed by atoms with E-state index in [9.17, 15) is 22.4 Å². The van der Waals surface area contributed by atoms with E-state index in [-0.39, 0.29) is 22.7 Å². The molecule has 2 N–H and O–H groups in total. The first-order valence-electron chi connectivity index (χ1n) is 8.44. The third-order valence-electron chi connectivity index (χ3n) is 4.26. The van der Waals surface area contributed by atoms with Crippen molar-refractivity contribution in [1.82, 2.24) is 15.3 Å². The average molecular weight is 403 g/mol. The van der Waals surface area contributed by atoms with Crippen molar-refractivity contribution in [1.29, 1.82) is 0 Å². The Bertz CT molecular complexity index is 1060. The van der Waals surface area contributed by atoms with Gasteiger partial charge in [0, 0.05) is 17.8 Å². The number of amides is 1. The van der Waals surface area contributed by atoms with Crippen molar-refractivity contribution in [3.8, 4) is 0 Å². The van der Waals surface area contributed by atoms with Gasteiger partial charge < -0.3 is 10.6 Å². The summed E-state index contributed by atoms with van der Waals surface area (Å²) < 4.78 is 53.3. The van der Waals surface area contributed by atoms with Gasteiger partial charge in [-0.2, -0.15) is 18.3 Å². The number of benzene rings is 1. The Morgan fingerprint density at radius 1 is 1.21 bits per heavy atom. The predicted molar refractivity (Wildman–Crippen MR) is 96.8 cm³/mol. The molecule has 29 heavy (non-hydrogen) atoms. The molecular formula is C19H13F4N5O. The SMILES string of the molecule is O=C(Nc1cncc(F)c1)C1=CNC2C=CC(c3ccccc3C(F)(F)F)=NN12. The van der Waals surface area contributed by atoms with Crippen molar-refractivity contribution in [2.75, 3.05) is 5.32 Å². The maximum atomic E-state index is 13.3. The predicted octanol–water partition coefficient (Wildman–Crippen LogP) is 3.22. The number of allylic oxidation sites excluding steroid dienone is 1. The van der Waals surface area contributed by atoms with Crippen LogP contribution in [0.25, 0.3) is 0 Å². The molecule has 0 fully saturated rings. The summed E-state index contributed by atoms with van der Waals surface area (Å²) in [5, 5.41) is 10.9. The lowest BCUT2D eigenvalue weighted by atomic mass is 10.0. The minimum atomic E-state index is -4.55. The van der Waals surface area contributed by atoms with E-state index in [4.69, 9.17) is 0 Å². The fourth-order valence-corrected chi connectivity index (χ4v) is 2.98. The highest BCUT2D eigenvalue weighted by molar-refractivity contribution is 6.11. The van der Waals surface area contributed by atoms with Crippen molar-refractivity contribution in [2.45, 2.75) is 12.3 Å². The second-order valence-electron chi connectivity index (χ2n) is 6.22. The van der Waals surface area contributed by atoms with Gasteiger partial charge in [0.05, 0.1) is 29.4 Å². The molecule has 0 radical (unpaired) electrons. The van der Waals surface area contributed by atoms with Gasteiger partial charge in [0.1, 0.15) is 17.7 Å². The van der Waals surface area contributed by atoms with E-state index in [1.165, 1.54) is 41.7 Å². The lowest BCUT2D eigenvalue weighted by molar-refractivity contribution is -0.137. The Morgan fingerprint density at radius 2 is 2.00 bits per heavy atom. The fourth-order valence-electron chi connectivity index (χ4n) is 2.98. The normalized spacial score (nSPS) is 17.9.